The molecule has 2 aromatic carbocycles. The van der Waals surface area contributed by atoms with Crippen molar-refractivity contribution in [2.75, 3.05) is 25.1 Å². The largest absolute Gasteiger partial charge is 0.460 e. The van der Waals surface area contributed by atoms with Crippen molar-refractivity contribution in [3.63, 3.8) is 0 Å². The zero-order valence-electron chi connectivity index (χ0n) is 14.4. The quantitative estimate of drug-likeness (QED) is 0.428. The molecule has 0 heterocycles. The van der Waals surface area contributed by atoms with Crippen LogP contribution in [0.15, 0.2) is 54.6 Å². The average Bonchev–Trinajstić information content (AvgIpc) is 2.65. The molecule has 0 atom stereocenters. The number of esters is 1. The van der Waals surface area contributed by atoms with Crippen LogP contribution in [0.3, 0.4) is 0 Å². The Morgan fingerprint density at radius 2 is 1.88 bits per heavy atom. The van der Waals surface area contributed by atoms with Gasteiger partial charge in [-0.2, -0.15) is 0 Å². The lowest BCUT2D eigenvalue weighted by molar-refractivity contribution is -0.111. The number of hydrogen-bond acceptors (Lipinski definition) is 4. The minimum absolute atomic E-state index is 0.188. The molecular weight excluding hydrogens is 354 g/mol. The van der Waals surface area contributed by atoms with Gasteiger partial charge in [-0.3, -0.25) is 4.79 Å². The highest BCUT2D eigenvalue weighted by molar-refractivity contribution is 6.30. The van der Waals surface area contributed by atoms with E-state index in [1.165, 1.54) is 6.08 Å². The summed E-state index contributed by atoms with van der Waals surface area (Å²) in [7, 11) is 0. The molecule has 0 unspecified atom stereocenters. The number of halogens is 1. The molecule has 0 aromatic heterocycles. The molecule has 2 aromatic rings. The number of amides is 1. The van der Waals surface area contributed by atoms with Gasteiger partial charge in [0.15, 0.2) is 0 Å². The number of ether oxygens (including phenoxy) is 2. The van der Waals surface area contributed by atoms with E-state index in [-0.39, 0.29) is 12.5 Å². The van der Waals surface area contributed by atoms with Crippen molar-refractivity contribution in [3.8, 4) is 0 Å². The van der Waals surface area contributed by atoms with Gasteiger partial charge in [0.2, 0.25) is 5.91 Å². The van der Waals surface area contributed by atoms with Crippen LogP contribution in [0.1, 0.15) is 22.8 Å². The third-order valence-corrected chi connectivity index (χ3v) is 3.58. The smallest absolute Gasteiger partial charge is 0.338 e. The van der Waals surface area contributed by atoms with E-state index in [1.54, 1.807) is 42.5 Å². The van der Waals surface area contributed by atoms with Crippen molar-refractivity contribution in [1.82, 2.24) is 0 Å². The molecule has 1 N–H and O–H groups in total. The molecule has 0 bridgehead atoms. The van der Waals surface area contributed by atoms with Crippen LogP contribution < -0.4 is 5.32 Å². The minimum atomic E-state index is -0.461. The van der Waals surface area contributed by atoms with Crippen LogP contribution in [0.25, 0.3) is 6.08 Å². The molecule has 0 fully saturated rings. The van der Waals surface area contributed by atoms with Gasteiger partial charge in [-0.05, 0) is 48.9 Å². The zero-order valence-corrected chi connectivity index (χ0v) is 15.2. The van der Waals surface area contributed by atoms with Crippen LogP contribution in [0.4, 0.5) is 5.69 Å². The van der Waals surface area contributed by atoms with E-state index in [2.05, 4.69) is 5.32 Å². The number of benzene rings is 2. The van der Waals surface area contributed by atoms with Crippen molar-refractivity contribution < 1.29 is 19.1 Å². The van der Waals surface area contributed by atoms with Gasteiger partial charge in [-0.25, -0.2) is 4.79 Å². The van der Waals surface area contributed by atoms with Crippen molar-refractivity contribution in [2.45, 2.75) is 6.92 Å². The number of carbonyl (C=O) groups is 2. The molecule has 26 heavy (non-hydrogen) atoms. The molecular formula is C20H20ClNO4. The van der Waals surface area contributed by atoms with E-state index >= 15 is 0 Å². The molecule has 0 aliphatic carbocycles. The molecule has 0 aliphatic heterocycles. The van der Waals surface area contributed by atoms with Crippen molar-refractivity contribution >= 4 is 35.2 Å². The molecule has 0 radical (unpaired) electrons. The Kier molecular flexibility index (Phi) is 7.86. The molecule has 0 spiro atoms. The predicted molar refractivity (Wildman–Crippen MR) is 102 cm³/mol. The summed E-state index contributed by atoms with van der Waals surface area (Å²) in [6.45, 7) is 2.99. The summed E-state index contributed by atoms with van der Waals surface area (Å²) in [6.07, 6.45) is 3.09. The lowest BCUT2D eigenvalue weighted by Crippen LogP contribution is -2.12. The van der Waals surface area contributed by atoms with Gasteiger partial charge in [0.25, 0.3) is 0 Å². The van der Waals surface area contributed by atoms with Gasteiger partial charge in [0, 0.05) is 23.4 Å². The first kappa shape index (κ1) is 19.7. The van der Waals surface area contributed by atoms with Gasteiger partial charge >= 0.3 is 5.97 Å². The summed E-state index contributed by atoms with van der Waals surface area (Å²) < 4.78 is 10.2. The Morgan fingerprint density at radius 3 is 2.62 bits per heavy atom. The molecule has 5 nitrogen and oxygen atoms in total. The Bertz CT molecular complexity index is 772. The molecule has 0 saturated carbocycles. The third kappa shape index (κ3) is 6.70. The number of carbonyl (C=O) groups excluding carboxylic acids is 2. The van der Waals surface area contributed by atoms with Gasteiger partial charge < -0.3 is 14.8 Å². The molecule has 0 saturated heterocycles. The first-order chi connectivity index (χ1) is 12.6. The second-order valence-electron chi connectivity index (χ2n) is 5.29. The van der Waals surface area contributed by atoms with Crippen molar-refractivity contribution in [3.05, 3.63) is 70.8 Å². The number of rotatable bonds is 8. The summed E-state index contributed by atoms with van der Waals surface area (Å²) in [5.74, 6) is -0.765. The van der Waals surface area contributed by atoms with Crippen LogP contribution in [-0.4, -0.2) is 31.7 Å². The first-order valence-electron chi connectivity index (χ1n) is 8.18. The number of nitrogens with one attached hydrogen (secondary N) is 1. The standard InChI is InChI=1S/C20H20ClNO4/c1-2-25-12-13-26-20(24)16-4-3-5-18(14-16)22-19(23)11-8-15-6-9-17(21)10-7-15/h3-11,14H,2,12-13H2,1H3,(H,22,23)/b11-8+. The summed E-state index contributed by atoms with van der Waals surface area (Å²) in [4.78, 5) is 24.0. The maximum absolute atomic E-state index is 12.0. The third-order valence-electron chi connectivity index (χ3n) is 3.33. The fourth-order valence-corrected chi connectivity index (χ4v) is 2.20. The molecule has 136 valence electrons. The zero-order chi connectivity index (χ0) is 18.8. The Labute approximate surface area is 157 Å². The van der Waals surface area contributed by atoms with E-state index in [0.29, 0.717) is 29.5 Å². The Morgan fingerprint density at radius 1 is 1.12 bits per heavy atom. The second-order valence-corrected chi connectivity index (χ2v) is 5.72. The van der Waals surface area contributed by atoms with E-state index in [4.69, 9.17) is 21.1 Å². The van der Waals surface area contributed by atoms with Gasteiger partial charge in [0.05, 0.1) is 12.2 Å². The van der Waals surface area contributed by atoms with Gasteiger partial charge in [-0.15, -0.1) is 0 Å². The highest BCUT2D eigenvalue weighted by Crippen LogP contribution is 2.13. The molecule has 0 aliphatic rings. The maximum Gasteiger partial charge on any atom is 0.338 e. The SMILES string of the molecule is CCOCCOC(=O)c1cccc(NC(=O)/C=C/c2ccc(Cl)cc2)c1. The van der Waals surface area contributed by atoms with Crippen LogP contribution in [-0.2, 0) is 14.3 Å². The number of anilines is 1. The van der Waals surface area contributed by atoms with Crippen LogP contribution in [0.2, 0.25) is 5.02 Å². The van der Waals surface area contributed by atoms with E-state index in [0.717, 1.165) is 5.56 Å². The van der Waals surface area contributed by atoms with E-state index < -0.39 is 5.97 Å². The first-order valence-corrected chi connectivity index (χ1v) is 8.56. The monoisotopic (exact) mass is 373 g/mol. The lowest BCUT2D eigenvalue weighted by atomic mass is 10.2. The molecule has 2 rings (SSSR count). The summed E-state index contributed by atoms with van der Waals surface area (Å²) in [5.41, 5.74) is 1.73. The van der Waals surface area contributed by atoms with Crippen LogP contribution in [0, 0.1) is 0 Å². The minimum Gasteiger partial charge on any atom is -0.460 e. The molecule has 1 amide bonds. The normalized spacial score (nSPS) is 10.7. The topological polar surface area (TPSA) is 64.6 Å². The summed E-state index contributed by atoms with van der Waals surface area (Å²) in [5, 5.41) is 3.35. The van der Waals surface area contributed by atoms with Crippen LogP contribution in [0.5, 0.6) is 0 Å². The highest BCUT2D eigenvalue weighted by Gasteiger charge is 2.08. The lowest BCUT2D eigenvalue weighted by Gasteiger charge is -2.07. The predicted octanol–water partition coefficient (Wildman–Crippen LogP) is 4.19. The maximum atomic E-state index is 12.0. The van der Waals surface area contributed by atoms with Crippen molar-refractivity contribution in [1.29, 1.82) is 0 Å². The summed E-state index contributed by atoms with van der Waals surface area (Å²) >= 11 is 5.82. The van der Waals surface area contributed by atoms with E-state index in [9.17, 15) is 9.59 Å². The fraction of sp³-hybridized carbons (Fsp3) is 0.200. The molecule has 6 heteroatoms. The average molecular weight is 374 g/mol. The van der Waals surface area contributed by atoms with Crippen molar-refractivity contribution in [2.24, 2.45) is 0 Å². The number of hydrogen-bond donors (Lipinski definition) is 1. The van der Waals surface area contributed by atoms with Crippen LogP contribution >= 0.6 is 11.6 Å². The second kappa shape index (κ2) is 10.4. The van der Waals surface area contributed by atoms with Gasteiger partial charge in [-0.1, -0.05) is 29.8 Å². The fourth-order valence-electron chi connectivity index (χ4n) is 2.07. The van der Waals surface area contributed by atoms with Gasteiger partial charge in [0.1, 0.15) is 6.61 Å². The summed E-state index contributed by atoms with van der Waals surface area (Å²) in [6, 6.07) is 13.7. The van der Waals surface area contributed by atoms with E-state index in [1.807, 2.05) is 19.1 Å². The Balaban J connectivity index is 1.91. The highest BCUT2D eigenvalue weighted by atomic mass is 35.5. The Hall–Kier alpha value is -2.63.